The van der Waals surface area contributed by atoms with E-state index in [2.05, 4.69) is 20.5 Å². The summed E-state index contributed by atoms with van der Waals surface area (Å²) in [6.45, 7) is 4.18. The van der Waals surface area contributed by atoms with E-state index in [9.17, 15) is 13.2 Å². The van der Waals surface area contributed by atoms with E-state index >= 15 is 0 Å². The van der Waals surface area contributed by atoms with Crippen LogP contribution in [0.3, 0.4) is 0 Å². The first kappa shape index (κ1) is 25.5. The maximum atomic E-state index is 12.9. The SMILES string of the molecule is CN=C(NCC1CCCS1)NCC(c1ccc(C(F)(F)F)cc1)N1CCOCC1.I. The first-order valence-corrected chi connectivity index (χ1v) is 11.1. The van der Waals surface area contributed by atoms with Gasteiger partial charge in [-0.25, -0.2) is 0 Å². The lowest BCUT2D eigenvalue weighted by atomic mass is 10.0. The summed E-state index contributed by atoms with van der Waals surface area (Å²) < 4.78 is 44.2. The maximum Gasteiger partial charge on any atom is 0.416 e. The summed E-state index contributed by atoms with van der Waals surface area (Å²) in [6.07, 6.45) is -1.85. The number of benzene rings is 1. The highest BCUT2D eigenvalue weighted by Crippen LogP contribution is 2.31. The van der Waals surface area contributed by atoms with Gasteiger partial charge in [0.1, 0.15) is 0 Å². The van der Waals surface area contributed by atoms with Crippen molar-refractivity contribution in [3.05, 3.63) is 35.4 Å². The zero-order chi connectivity index (χ0) is 20.7. The highest BCUT2D eigenvalue weighted by atomic mass is 127. The molecule has 0 radical (unpaired) electrons. The minimum atomic E-state index is -4.32. The van der Waals surface area contributed by atoms with Crippen molar-refractivity contribution in [1.82, 2.24) is 15.5 Å². The van der Waals surface area contributed by atoms with Crippen molar-refractivity contribution in [3.63, 3.8) is 0 Å². The van der Waals surface area contributed by atoms with Gasteiger partial charge in [-0.05, 0) is 36.3 Å². The zero-order valence-electron chi connectivity index (χ0n) is 17.1. The Morgan fingerprint density at radius 3 is 2.50 bits per heavy atom. The van der Waals surface area contributed by atoms with Crippen molar-refractivity contribution < 1.29 is 17.9 Å². The van der Waals surface area contributed by atoms with Gasteiger partial charge in [0, 0.05) is 38.5 Å². The summed E-state index contributed by atoms with van der Waals surface area (Å²) in [6, 6.07) is 5.42. The second kappa shape index (κ2) is 12.4. The summed E-state index contributed by atoms with van der Waals surface area (Å²) in [5.74, 6) is 1.94. The molecule has 2 heterocycles. The van der Waals surface area contributed by atoms with Gasteiger partial charge in [0.05, 0.1) is 24.8 Å². The Balaban J connectivity index is 0.00000320. The highest BCUT2D eigenvalue weighted by molar-refractivity contribution is 14.0. The number of guanidine groups is 1. The molecule has 0 bridgehead atoms. The van der Waals surface area contributed by atoms with Gasteiger partial charge in [-0.1, -0.05) is 12.1 Å². The Hall–Kier alpha value is -0.720. The number of alkyl halides is 3. The summed E-state index contributed by atoms with van der Waals surface area (Å²) in [7, 11) is 1.74. The lowest BCUT2D eigenvalue weighted by Gasteiger charge is -2.35. The van der Waals surface area contributed by atoms with Crippen molar-refractivity contribution in [2.24, 2.45) is 4.99 Å². The molecular weight excluding hydrogens is 528 g/mol. The standard InChI is InChI=1S/C20H29F3N4OS.HI/c1-24-19(25-13-17-3-2-12-29-17)26-14-18(27-8-10-28-11-9-27)15-4-6-16(7-5-15)20(21,22)23;/h4-7,17-18H,2-3,8-14H2,1H3,(H2,24,25,26);1H. The Morgan fingerprint density at radius 1 is 1.23 bits per heavy atom. The highest BCUT2D eigenvalue weighted by Gasteiger charge is 2.31. The van der Waals surface area contributed by atoms with Crippen LogP contribution >= 0.6 is 35.7 Å². The maximum absolute atomic E-state index is 12.9. The molecule has 0 saturated carbocycles. The lowest BCUT2D eigenvalue weighted by Crippen LogP contribution is -2.47. The number of hydrogen-bond donors (Lipinski definition) is 2. The van der Waals surface area contributed by atoms with Crippen LogP contribution < -0.4 is 10.6 Å². The Morgan fingerprint density at radius 2 is 1.93 bits per heavy atom. The van der Waals surface area contributed by atoms with E-state index in [1.165, 1.54) is 18.6 Å². The summed E-state index contributed by atoms with van der Waals surface area (Å²) in [5.41, 5.74) is 0.232. The molecular formula is C20H30F3IN4OS. The second-order valence-electron chi connectivity index (χ2n) is 7.25. The van der Waals surface area contributed by atoms with Gasteiger partial charge in [-0.15, -0.1) is 24.0 Å². The average molecular weight is 558 g/mol. The molecule has 2 aliphatic rings. The van der Waals surface area contributed by atoms with E-state index in [-0.39, 0.29) is 30.0 Å². The van der Waals surface area contributed by atoms with Crippen LogP contribution in [-0.4, -0.2) is 68.3 Å². The quantitative estimate of drug-likeness (QED) is 0.317. The molecule has 2 saturated heterocycles. The molecule has 2 atom stereocenters. The van der Waals surface area contributed by atoms with E-state index in [0.717, 1.165) is 43.3 Å². The number of rotatable bonds is 6. The third-order valence-electron chi connectivity index (χ3n) is 5.32. The molecule has 0 aliphatic carbocycles. The van der Waals surface area contributed by atoms with E-state index < -0.39 is 11.7 Å². The molecule has 2 N–H and O–H groups in total. The van der Waals surface area contributed by atoms with Crippen LogP contribution in [-0.2, 0) is 10.9 Å². The fraction of sp³-hybridized carbons (Fsp3) is 0.650. The van der Waals surface area contributed by atoms with Gasteiger partial charge in [0.25, 0.3) is 0 Å². The lowest BCUT2D eigenvalue weighted by molar-refractivity contribution is -0.137. The molecule has 5 nitrogen and oxygen atoms in total. The van der Waals surface area contributed by atoms with E-state index in [0.29, 0.717) is 25.0 Å². The van der Waals surface area contributed by atoms with Gasteiger partial charge < -0.3 is 15.4 Å². The first-order chi connectivity index (χ1) is 14.0. The molecule has 2 fully saturated rings. The third-order valence-corrected chi connectivity index (χ3v) is 6.72. The number of nitrogens with zero attached hydrogens (tertiary/aromatic N) is 2. The molecule has 1 aromatic carbocycles. The molecule has 30 heavy (non-hydrogen) atoms. The van der Waals surface area contributed by atoms with Gasteiger partial charge in [0.15, 0.2) is 5.96 Å². The fourth-order valence-corrected chi connectivity index (χ4v) is 4.87. The van der Waals surface area contributed by atoms with Gasteiger partial charge in [-0.2, -0.15) is 24.9 Å². The van der Waals surface area contributed by atoms with Gasteiger partial charge in [-0.3, -0.25) is 9.89 Å². The zero-order valence-corrected chi connectivity index (χ0v) is 20.2. The third kappa shape index (κ3) is 7.45. The number of hydrogen-bond acceptors (Lipinski definition) is 4. The molecule has 0 aromatic heterocycles. The van der Waals surface area contributed by atoms with Gasteiger partial charge >= 0.3 is 6.18 Å². The van der Waals surface area contributed by atoms with E-state index in [1.807, 2.05) is 11.8 Å². The van der Waals surface area contributed by atoms with Crippen LogP contribution in [0.15, 0.2) is 29.3 Å². The molecule has 2 aliphatic heterocycles. The van der Waals surface area contributed by atoms with E-state index in [1.54, 1.807) is 19.2 Å². The number of halogens is 4. The Bertz CT molecular complexity index is 663. The predicted octanol–water partition coefficient (Wildman–Crippen LogP) is 3.76. The van der Waals surface area contributed by atoms with Crippen LogP contribution in [0, 0.1) is 0 Å². The molecule has 0 amide bonds. The number of aliphatic imine (C=N–C) groups is 1. The first-order valence-electron chi connectivity index (χ1n) is 10.0. The van der Waals surface area contributed by atoms with Crippen molar-refractivity contribution in [2.45, 2.75) is 30.3 Å². The largest absolute Gasteiger partial charge is 0.416 e. The summed E-state index contributed by atoms with van der Waals surface area (Å²) in [4.78, 5) is 6.55. The van der Waals surface area contributed by atoms with Gasteiger partial charge in [0.2, 0.25) is 0 Å². The molecule has 2 unspecified atom stereocenters. The molecule has 0 spiro atoms. The predicted molar refractivity (Wildman–Crippen MR) is 127 cm³/mol. The van der Waals surface area contributed by atoms with Crippen LogP contribution in [0.1, 0.15) is 30.0 Å². The molecule has 1 aromatic rings. The molecule has 170 valence electrons. The smallest absolute Gasteiger partial charge is 0.379 e. The van der Waals surface area contributed by atoms with Crippen LogP contribution in [0.4, 0.5) is 13.2 Å². The number of morpholine rings is 1. The second-order valence-corrected chi connectivity index (χ2v) is 8.66. The number of ether oxygens (including phenoxy) is 1. The van der Waals surface area contributed by atoms with Crippen LogP contribution in [0.5, 0.6) is 0 Å². The van der Waals surface area contributed by atoms with Crippen molar-refractivity contribution >= 4 is 41.7 Å². The normalized spacial score (nSPS) is 21.7. The average Bonchev–Trinajstić information content (AvgIpc) is 3.24. The monoisotopic (exact) mass is 558 g/mol. The Kier molecular flexibility index (Phi) is 10.5. The van der Waals surface area contributed by atoms with Crippen LogP contribution in [0.2, 0.25) is 0 Å². The Labute approximate surface area is 197 Å². The summed E-state index contributed by atoms with van der Waals surface area (Å²) >= 11 is 1.98. The molecule has 10 heteroatoms. The minimum Gasteiger partial charge on any atom is -0.379 e. The van der Waals surface area contributed by atoms with E-state index in [4.69, 9.17) is 4.74 Å². The fourth-order valence-electron chi connectivity index (χ4n) is 3.67. The van der Waals surface area contributed by atoms with Crippen molar-refractivity contribution in [1.29, 1.82) is 0 Å². The van der Waals surface area contributed by atoms with Crippen molar-refractivity contribution in [3.8, 4) is 0 Å². The topological polar surface area (TPSA) is 48.9 Å². The summed E-state index contributed by atoms with van der Waals surface area (Å²) in [5, 5.41) is 7.34. The molecule has 3 rings (SSSR count). The minimum absolute atomic E-state index is 0. The van der Waals surface area contributed by atoms with Crippen molar-refractivity contribution in [2.75, 3.05) is 52.2 Å². The number of thioether (sulfide) groups is 1. The van der Waals surface area contributed by atoms with Crippen LogP contribution in [0.25, 0.3) is 0 Å². The number of nitrogens with one attached hydrogen (secondary N) is 2.